The maximum absolute atomic E-state index is 9.45. The van der Waals surface area contributed by atoms with Gasteiger partial charge in [0.05, 0.1) is 42.0 Å². The number of nitrogens with one attached hydrogen (secondary N) is 2. The Morgan fingerprint density at radius 1 is 1.32 bits per heavy atom. The number of dihydropyridines is 1. The lowest BCUT2D eigenvalue weighted by Crippen LogP contribution is -2.22. The lowest BCUT2D eigenvalue weighted by Gasteiger charge is -2.24. The molecule has 1 aromatic heterocycles. The Labute approximate surface area is 132 Å². The molecule has 0 aromatic carbocycles. The Bertz CT molecular complexity index is 752. The van der Waals surface area contributed by atoms with Crippen LogP contribution >= 0.6 is 11.3 Å². The molecule has 0 bridgehead atoms. The minimum Gasteiger partial charge on any atom is -0.480 e. The van der Waals surface area contributed by atoms with Crippen molar-refractivity contribution in [2.24, 2.45) is 0 Å². The van der Waals surface area contributed by atoms with E-state index in [-0.39, 0.29) is 5.90 Å². The van der Waals surface area contributed by atoms with E-state index in [2.05, 4.69) is 17.5 Å². The van der Waals surface area contributed by atoms with E-state index < -0.39 is 5.92 Å². The molecule has 0 aliphatic carbocycles. The number of hydrogen-bond acceptors (Lipinski definition) is 7. The van der Waals surface area contributed by atoms with E-state index in [1.54, 1.807) is 19.9 Å². The summed E-state index contributed by atoms with van der Waals surface area (Å²) in [5.41, 5.74) is 8.77. The maximum Gasteiger partial charge on any atom is 0.225 e. The van der Waals surface area contributed by atoms with Crippen molar-refractivity contribution >= 4 is 22.9 Å². The number of hydrogen-bond donors (Lipinski definition) is 3. The second-order valence-corrected chi connectivity index (χ2v) is 5.91. The Morgan fingerprint density at radius 2 is 1.86 bits per heavy atom. The van der Waals surface area contributed by atoms with E-state index >= 15 is 0 Å². The zero-order chi connectivity index (χ0) is 16.4. The van der Waals surface area contributed by atoms with Gasteiger partial charge in [-0.25, -0.2) is 0 Å². The summed E-state index contributed by atoms with van der Waals surface area (Å²) in [5, 5.41) is 29.7. The number of rotatable bonds is 2. The summed E-state index contributed by atoms with van der Waals surface area (Å²) in [6.45, 7) is 3.61. The summed E-state index contributed by atoms with van der Waals surface area (Å²) in [5.74, 6) is -0.483. The molecule has 0 fully saturated rings. The molecule has 1 aliphatic heterocycles. The number of nitrogens with zero attached hydrogens (tertiary/aromatic N) is 2. The molecule has 7 heteroatoms. The van der Waals surface area contributed by atoms with Gasteiger partial charge in [-0.3, -0.25) is 5.41 Å². The predicted molar refractivity (Wildman–Crippen MR) is 85.1 cm³/mol. The van der Waals surface area contributed by atoms with Gasteiger partial charge in [-0.1, -0.05) is 0 Å². The fraction of sp³-hybridized carbons (Fsp3) is 0.267. The standard InChI is InChI=1S/C15H15N5OS/c1-7-9(5-16)13(10(6-17)8(2)20-7)12-4-11(18)14(22-12)15(19)21-3/h4,13,19-20H,18H2,1-3H3. The van der Waals surface area contributed by atoms with Gasteiger partial charge in [0.2, 0.25) is 5.90 Å². The van der Waals surface area contributed by atoms with Crippen molar-refractivity contribution in [1.82, 2.24) is 5.32 Å². The summed E-state index contributed by atoms with van der Waals surface area (Å²) in [6, 6.07) is 6.05. The lowest BCUT2D eigenvalue weighted by molar-refractivity contribution is 0.402. The average molecular weight is 313 g/mol. The molecule has 1 aromatic rings. The number of methoxy groups -OCH3 is 1. The van der Waals surface area contributed by atoms with E-state index in [1.807, 2.05) is 0 Å². The van der Waals surface area contributed by atoms with Gasteiger partial charge < -0.3 is 15.8 Å². The summed E-state index contributed by atoms with van der Waals surface area (Å²) in [6.07, 6.45) is 0. The molecule has 2 heterocycles. The molecule has 0 atom stereocenters. The van der Waals surface area contributed by atoms with Crippen LogP contribution in [0.2, 0.25) is 0 Å². The number of nitrogens with two attached hydrogens (primary N) is 1. The van der Waals surface area contributed by atoms with Crippen LogP contribution in [0.5, 0.6) is 0 Å². The molecular formula is C15H15N5OS. The first-order valence-corrected chi connectivity index (χ1v) is 7.27. The highest BCUT2D eigenvalue weighted by atomic mass is 32.1. The second-order valence-electron chi connectivity index (χ2n) is 4.83. The quantitative estimate of drug-likeness (QED) is 0.572. The molecule has 22 heavy (non-hydrogen) atoms. The fourth-order valence-corrected chi connectivity index (χ4v) is 3.54. The molecule has 0 saturated carbocycles. The van der Waals surface area contributed by atoms with Crippen molar-refractivity contribution in [3.8, 4) is 12.1 Å². The van der Waals surface area contributed by atoms with Crippen LogP contribution in [0.25, 0.3) is 0 Å². The number of ether oxygens (including phenoxy) is 1. The van der Waals surface area contributed by atoms with Crippen LogP contribution in [0.1, 0.15) is 29.5 Å². The van der Waals surface area contributed by atoms with Crippen LogP contribution in [0.15, 0.2) is 28.6 Å². The minimum atomic E-state index is -0.457. The van der Waals surface area contributed by atoms with Crippen molar-refractivity contribution in [3.05, 3.63) is 38.4 Å². The third kappa shape index (κ3) is 2.43. The third-order valence-corrected chi connectivity index (χ3v) is 4.69. The van der Waals surface area contributed by atoms with Gasteiger partial charge >= 0.3 is 0 Å². The molecule has 0 radical (unpaired) electrons. The van der Waals surface area contributed by atoms with E-state index in [1.165, 1.54) is 18.4 Å². The third-order valence-electron chi connectivity index (χ3n) is 3.48. The predicted octanol–water partition coefficient (Wildman–Crippen LogP) is 2.58. The highest BCUT2D eigenvalue weighted by Gasteiger charge is 2.31. The topological polar surface area (TPSA) is 119 Å². The van der Waals surface area contributed by atoms with Crippen molar-refractivity contribution < 1.29 is 4.74 Å². The Hall–Kier alpha value is -2.77. The van der Waals surface area contributed by atoms with Crippen LogP contribution < -0.4 is 11.1 Å². The van der Waals surface area contributed by atoms with Crippen LogP contribution in [0, 0.1) is 28.1 Å². The van der Waals surface area contributed by atoms with Crippen LogP contribution in [-0.2, 0) is 4.74 Å². The average Bonchev–Trinajstić information content (AvgIpc) is 2.87. The van der Waals surface area contributed by atoms with Gasteiger partial charge in [0.1, 0.15) is 4.88 Å². The van der Waals surface area contributed by atoms with Crippen LogP contribution in [0.4, 0.5) is 5.69 Å². The van der Waals surface area contributed by atoms with Crippen LogP contribution in [0.3, 0.4) is 0 Å². The first kappa shape index (κ1) is 15.6. The zero-order valence-electron chi connectivity index (χ0n) is 12.4. The number of thiophene rings is 1. The molecule has 0 amide bonds. The van der Waals surface area contributed by atoms with E-state index in [4.69, 9.17) is 15.9 Å². The number of allylic oxidation sites excluding steroid dienone is 4. The smallest absolute Gasteiger partial charge is 0.225 e. The molecule has 4 N–H and O–H groups in total. The maximum atomic E-state index is 9.45. The molecular weight excluding hydrogens is 298 g/mol. The van der Waals surface area contributed by atoms with E-state index in [9.17, 15) is 10.5 Å². The normalized spacial score (nSPS) is 15.1. The van der Waals surface area contributed by atoms with Gasteiger partial charge in [0.25, 0.3) is 0 Å². The first-order valence-electron chi connectivity index (χ1n) is 6.45. The summed E-state index contributed by atoms with van der Waals surface area (Å²) in [7, 11) is 1.40. The van der Waals surface area contributed by atoms with E-state index in [0.717, 1.165) is 16.3 Å². The van der Waals surface area contributed by atoms with Gasteiger partial charge in [-0.15, -0.1) is 11.3 Å². The highest BCUT2D eigenvalue weighted by molar-refractivity contribution is 7.14. The van der Waals surface area contributed by atoms with Crippen molar-refractivity contribution in [2.45, 2.75) is 19.8 Å². The minimum absolute atomic E-state index is 0.0268. The summed E-state index contributed by atoms with van der Waals surface area (Å²) >= 11 is 1.27. The summed E-state index contributed by atoms with van der Waals surface area (Å²) in [4.78, 5) is 1.25. The SMILES string of the molecule is COC(=N)c1sc(C2C(C#N)=C(C)NC(C)=C2C#N)cc1N. The van der Waals surface area contributed by atoms with Gasteiger partial charge in [-0.2, -0.15) is 10.5 Å². The highest BCUT2D eigenvalue weighted by Crippen LogP contribution is 2.42. The Balaban J connectivity index is 2.62. The monoisotopic (exact) mass is 313 g/mol. The lowest BCUT2D eigenvalue weighted by atomic mass is 9.86. The van der Waals surface area contributed by atoms with Crippen molar-refractivity contribution in [1.29, 1.82) is 15.9 Å². The zero-order valence-corrected chi connectivity index (χ0v) is 13.3. The second kappa shape index (κ2) is 5.92. The molecule has 2 rings (SSSR count). The first-order chi connectivity index (χ1) is 10.4. The molecule has 1 aliphatic rings. The molecule has 0 unspecified atom stereocenters. The largest absolute Gasteiger partial charge is 0.480 e. The van der Waals surface area contributed by atoms with Gasteiger partial charge in [0.15, 0.2) is 0 Å². The van der Waals surface area contributed by atoms with Gasteiger partial charge in [0, 0.05) is 16.3 Å². The molecule has 112 valence electrons. The van der Waals surface area contributed by atoms with E-state index in [0.29, 0.717) is 21.7 Å². The number of nitriles is 2. The Kier molecular flexibility index (Phi) is 4.20. The molecule has 6 nitrogen and oxygen atoms in total. The molecule has 0 spiro atoms. The summed E-state index contributed by atoms with van der Waals surface area (Å²) < 4.78 is 4.91. The molecule has 0 saturated heterocycles. The van der Waals surface area contributed by atoms with Crippen molar-refractivity contribution in [2.75, 3.05) is 12.8 Å². The van der Waals surface area contributed by atoms with Crippen LogP contribution in [-0.4, -0.2) is 13.0 Å². The van der Waals surface area contributed by atoms with Gasteiger partial charge in [-0.05, 0) is 19.9 Å². The van der Waals surface area contributed by atoms with Crippen molar-refractivity contribution in [3.63, 3.8) is 0 Å². The Morgan fingerprint density at radius 3 is 2.32 bits per heavy atom. The number of nitrogen functional groups attached to an aromatic ring is 1. The number of anilines is 1. The fourth-order valence-electron chi connectivity index (χ4n) is 2.41.